The summed E-state index contributed by atoms with van der Waals surface area (Å²) in [6.07, 6.45) is 2.66. The zero-order valence-electron chi connectivity index (χ0n) is 15.9. The number of ether oxygens (including phenoxy) is 1. The summed E-state index contributed by atoms with van der Waals surface area (Å²) in [6.45, 7) is 2.23. The molecule has 0 fully saturated rings. The van der Waals surface area contributed by atoms with Gasteiger partial charge in [-0.05, 0) is 47.4 Å². The van der Waals surface area contributed by atoms with Gasteiger partial charge in [0.1, 0.15) is 11.6 Å². The number of pyridine rings is 1. The van der Waals surface area contributed by atoms with Crippen LogP contribution in [0.4, 0.5) is 5.82 Å². The van der Waals surface area contributed by atoms with Gasteiger partial charge >= 0.3 is 0 Å². The average Bonchev–Trinajstić information content (AvgIpc) is 2.77. The van der Waals surface area contributed by atoms with Gasteiger partial charge in [-0.25, -0.2) is 4.98 Å². The molecule has 5 nitrogen and oxygen atoms in total. The Morgan fingerprint density at radius 1 is 1.11 bits per heavy atom. The van der Waals surface area contributed by atoms with E-state index >= 15 is 0 Å². The number of nitrogens with one attached hydrogen (secondary N) is 1. The van der Waals surface area contributed by atoms with Gasteiger partial charge in [0.2, 0.25) is 0 Å². The Morgan fingerprint density at radius 2 is 1.96 bits per heavy atom. The number of nitrogens with zero attached hydrogens (tertiary/aromatic N) is 2. The highest BCUT2D eigenvalue weighted by Crippen LogP contribution is 2.23. The van der Waals surface area contributed by atoms with Crippen molar-refractivity contribution in [1.82, 2.24) is 10.3 Å². The lowest BCUT2D eigenvalue weighted by molar-refractivity contribution is 0.0950. The van der Waals surface area contributed by atoms with Gasteiger partial charge in [0.15, 0.2) is 0 Å². The van der Waals surface area contributed by atoms with Crippen LogP contribution in [0.3, 0.4) is 0 Å². The van der Waals surface area contributed by atoms with Gasteiger partial charge < -0.3 is 15.0 Å². The Kier molecular flexibility index (Phi) is 5.24. The molecule has 3 aromatic rings. The first-order valence-electron chi connectivity index (χ1n) is 9.42. The molecule has 142 valence electrons. The summed E-state index contributed by atoms with van der Waals surface area (Å²) in [5.74, 6) is 1.55. The quantitative estimate of drug-likeness (QED) is 0.743. The molecule has 5 heteroatoms. The standard InChI is InChI=1S/C23H23N3O2/c1-28-21-8-4-5-17(13-21)14-25-23(27)19-9-10-22(24-15-19)26-12-11-18-6-2-3-7-20(18)16-26/h2-10,13,15H,11-12,14,16H2,1H3,(H,25,27). The summed E-state index contributed by atoms with van der Waals surface area (Å²) < 4.78 is 5.21. The fourth-order valence-electron chi connectivity index (χ4n) is 3.47. The molecule has 1 aliphatic rings. The lowest BCUT2D eigenvalue weighted by Gasteiger charge is -2.29. The molecular formula is C23H23N3O2. The number of benzene rings is 2. The summed E-state index contributed by atoms with van der Waals surface area (Å²) in [6, 6.07) is 19.9. The summed E-state index contributed by atoms with van der Waals surface area (Å²) in [4.78, 5) is 19.2. The van der Waals surface area contributed by atoms with Gasteiger partial charge in [-0.3, -0.25) is 4.79 Å². The number of aromatic nitrogens is 1. The zero-order valence-corrected chi connectivity index (χ0v) is 15.9. The van der Waals surface area contributed by atoms with Crippen molar-refractivity contribution in [2.24, 2.45) is 0 Å². The van der Waals surface area contributed by atoms with Crippen LogP contribution in [-0.2, 0) is 19.5 Å². The molecule has 0 saturated heterocycles. The van der Waals surface area contributed by atoms with Crippen LogP contribution >= 0.6 is 0 Å². The number of carbonyl (C=O) groups is 1. The van der Waals surface area contributed by atoms with E-state index in [2.05, 4.69) is 39.5 Å². The summed E-state index contributed by atoms with van der Waals surface area (Å²) in [7, 11) is 1.63. The number of anilines is 1. The number of rotatable bonds is 5. The topological polar surface area (TPSA) is 54.5 Å². The van der Waals surface area contributed by atoms with E-state index in [1.807, 2.05) is 36.4 Å². The van der Waals surface area contributed by atoms with Crippen LogP contribution in [0.5, 0.6) is 5.75 Å². The molecule has 0 saturated carbocycles. The Labute approximate surface area is 165 Å². The number of hydrogen-bond acceptors (Lipinski definition) is 4. The summed E-state index contributed by atoms with van der Waals surface area (Å²) in [5.41, 5.74) is 4.30. The van der Waals surface area contributed by atoms with E-state index in [1.54, 1.807) is 13.3 Å². The second-order valence-corrected chi connectivity index (χ2v) is 6.88. The smallest absolute Gasteiger partial charge is 0.253 e. The number of methoxy groups -OCH3 is 1. The van der Waals surface area contributed by atoms with E-state index in [0.717, 1.165) is 36.6 Å². The predicted molar refractivity (Wildman–Crippen MR) is 110 cm³/mol. The van der Waals surface area contributed by atoms with E-state index < -0.39 is 0 Å². The number of fused-ring (bicyclic) bond motifs is 1. The van der Waals surface area contributed by atoms with Crippen LogP contribution in [-0.4, -0.2) is 24.5 Å². The van der Waals surface area contributed by atoms with Crippen molar-refractivity contribution in [2.45, 2.75) is 19.5 Å². The maximum Gasteiger partial charge on any atom is 0.253 e. The molecular weight excluding hydrogens is 350 g/mol. The Balaban J connectivity index is 1.38. The fraction of sp³-hybridized carbons (Fsp3) is 0.217. The summed E-state index contributed by atoms with van der Waals surface area (Å²) in [5, 5.41) is 2.93. The fourth-order valence-corrected chi connectivity index (χ4v) is 3.47. The van der Waals surface area contributed by atoms with Crippen molar-refractivity contribution in [2.75, 3.05) is 18.6 Å². The van der Waals surface area contributed by atoms with Crippen LogP contribution in [0, 0.1) is 0 Å². The van der Waals surface area contributed by atoms with E-state index in [4.69, 9.17) is 4.74 Å². The maximum atomic E-state index is 12.4. The second kappa shape index (κ2) is 8.13. The highest BCUT2D eigenvalue weighted by Gasteiger charge is 2.17. The molecule has 0 bridgehead atoms. The third kappa shape index (κ3) is 3.98. The van der Waals surface area contributed by atoms with Crippen LogP contribution in [0.1, 0.15) is 27.0 Å². The average molecular weight is 373 g/mol. The van der Waals surface area contributed by atoms with Crippen molar-refractivity contribution in [3.8, 4) is 5.75 Å². The van der Waals surface area contributed by atoms with E-state index in [-0.39, 0.29) is 5.91 Å². The van der Waals surface area contributed by atoms with Crippen LogP contribution in [0.15, 0.2) is 66.9 Å². The molecule has 0 unspecified atom stereocenters. The predicted octanol–water partition coefficient (Wildman–Crippen LogP) is 3.58. The van der Waals surface area contributed by atoms with Gasteiger partial charge in [-0.1, -0.05) is 36.4 Å². The minimum Gasteiger partial charge on any atom is -0.497 e. The van der Waals surface area contributed by atoms with Crippen molar-refractivity contribution >= 4 is 11.7 Å². The molecule has 0 atom stereocenters. The second-order valence-electron chi connectivity index (χ2n) is 6.88. The SMILES string of the molecule is COc1cccc(CNC(=O)c2ccc(N3CCc4ccccc4C3)nc2)c1. The molecule has 2 aromatic carbocycles. The number of amides is 1. The van der Waals surface area contributed by atoms with E-state index in [0.29, 0.717) is 12.1 Å². The molecule has 1 N–H and O–H groups in total. The first-order valence-corrected chi connectivity index (χ1v) is 9.42. The maximum absolute atomic E-state index is 12.4. The molecule has 4 rings (SSSR count). The molecule has 28 heavy (non-hydrogen) atoms. The van der Waals surface area contributed by atoms with E-state index in [9.17, 15) is 4.79 Å². The monoisotopic (exact) mass is 373 g/mol. The molecule has 0 spiro atoms. The minimum atomic E-state index is -0.133. The van der Waals surface area contributed by atoms with Gasteiger partial charge in [-0.2, -0.15) is 0 Å². The highest BCUT2D eigenvalue weighted by molar-refractivity contribution is 5.94. The van der Waals surface area contributed by atoms with E-state index in [1.165, 1.54) is 11.1 Å². The molecule has 0 aliphatic carbocycles. The Hall–Kier alpha value is -3.34. The lowest BCUT2D eigenvalue weighted by Crippen LogP contribution is -2.31. The van der Waals surface area contributed by atoms with Crippen molar-refractivity contribution in [1.29, 1.82) is 0 Å². The Morgan fingerprint density at radius 3 is 2.75 bits per heavy atom. The van der Waals surface area contributed by atoms with Crippen molar-refractivity contribution in [3.05, 3.63) is 89.1 Å². The Bertz CT molecular complexity index is 970. The van der Waals surface area contributed by atoms with Gasteiger partial charge in [0.25, 0.3) is 5.91 Å². The van der Waals surface area contributed by atoms with Gasteiger partial charge in [0.05, 0.1) is 12.7 Å². The highest BCUT2D eigenvalue weighted by atomic mass is 16.5. The molecule has 0 radical (unpaired) electrons. The first kappa shape index (κ1) is 18.0. The van der Waals surface area contributed by atoms with Crippen LogP contribution in [0.25, 0.3) is 0 Å². The van der Waals surface area contributed by atoms with Gasteiger partial charge in [-0.15, -0.1) is 0 Å². The summed E-state index contributed by atoms with van der Waals surface area (Å²) >= 11 is 0. The third-order valence-electron chi connectivity index (χ3n) is 5.05. The minimum absolute atomic E-state index is 0.133. The van der Waals surface area contributed by atoms with Gasteiger partial charge in [0, 0.05) is 25.8 Å². The number of carbonyl (C=O) groups excluding carboxylic acids is 1. The zero-order chi connectivity index (χ0) is 19.3. The molecule has 1 aromatic heterocycles. The lowest BCUT2D eigenvalue weighted by atomic mass is 10.00. The largest absolute Gasteiger partial charge is 0.497 e. The molecule has 2 heterocycles. The van der Waals surface area contributed by atoms with Crippen molar-refractivity contribution < 1.29 is 9.53 Å². The normalized spacial score (nSPS) is 13.0. The first-order chi connectivity index (χ1) is 13.7. The van der Waals surface area contributed by atoms with Crippen molar-refractivity contribution in [3.63, 3.8) is 0 Å². The van der Waals surface area contributed by atoms with Crippen LogP contribution < -0.4 is 15.0 Å². The molecule has 1 aliphatic heterocycles. The van der Waals surface area contributed by atoms with Crippen LogP contribution in [0.2, 0.25) is 0 Å². The number of hydrogen-bond donors (Lipinski definition) is 1. The third-order valence-corrected chi connectivity index (χ3v) is 5.05. The molecule has 1 amide bonds.